The van der Waals surface area contributed by atoms with Crippen molar-refractivity contribution in [2.45, 2.75) is 32.3 Å². The summed E-state index contributed by atoms with van der Waals surface area (Å²) in [6, 6.07) is 4.06. The van der Waals surface area contributed by atoms with E-state index in [0.29, 0.717) is 5.92 Å². The van der Waals surface area contributed by atoms with E-state index in [4.69, 9.17) is 0 Å². The van der Waals surface area contributed by atoms with E-state index in [1.165, 1.54) is 19.3 Å². The summed E-state index contributed by atoms with van der Waals surface area (Å²) in [6.45, 7) is 2.28. The van der Waals surface area contributed by atoms with Gasteiger partial charge in [0.25, 0.3) is 0 Å². The van der Waals surface area contributed by atoms with Crippen LogP contribution in [0, 0.1) is 11.8 Å². The Bertz CT molecular complexity index is 255. The first-order valence-electron chi connectivity index (χ1n) is 4.99. The fourth-order valence-electron chi connectivity index (χ4n) is 2.23. The molecule has 1 nitrogen and oxygen atoms in total. The molecule has 0 bridgehead atoms. The monoisotopic (exact) mass is 196 g/mol. The van der Waals surface area contributed by atoms with E-state index in [0.717, 1.165) is 10.8 Å². The standard InChI is InChI=1S/C11H16OS/c1-8-4-5-9(7-8)11(12)10-3-2-6-13-10/h2-3,6,8-9,11-12H,4-5,7H2,1H3. The minimum absolute atomic E-state index is 0.204. The molecule has 0 saturated heterocycles. The number of aliphatic hydroxyl groups excluding tert-OH is 1. The molecule has 1 aromatic heterocycles. The van der Waals surface area contributed by atoms with Crippen molar-refractivity contribution in [1.29, 1.82) is 0 Å². The minimum Gasteiger partial charge on any atom is -0.387 e. The Kier molecular flexibility index (Phi) is 2.70. The van der Waals surface area contributed by atoms with Crippen molar-refractivity contribution < 1.29 is 5.11 Å². The van der Waals surface area contributed by atoms with Gasteiger partial charge >= 0.3 is 0 Å². The van der Waals surface area contributed by atoms with Crippen LogP contribution in [0.1, 0.15) is 37.2 Å². The topological polar surface area (TPSA) is 20.2 Å². The SMILES string of the molecule is CC1CCC(C(O)c2cccs2)C1. The molecule has 3 atom stereocenters. The summed E-state index contributed by atoms with van der Waals surface area (Å²) in [5.74, 6) is 1.31. The zero-order chi connectivity index (χ0) is 9.26. The first-order valence-corrected chi connectivity index (χ1v) is 5.87. The van der Waals surface area contributed by atoms with Gasteiger partial charge in [-0.25, -0.2) is 0 Å². The molecule has 0 radical (unpaired) electrons. The maximum Gasteiger partial charge on any atom is 0.0910 e. The molecule has 1 saturated carbocycles. The third kappa shape index (κ3) is 1.94. The van der Waals surface area contributed by atoms with Crippen molar-refractivity contribution in [3.8, 4) is 0 Å². The van der Waals surface area contributed by atoms with E-state index >= 15 is 0 Å². The van der Waals surface area contributed by atoms with Gasteiger partial charge in [0.1, 0.15) is 0 Å². The Morgan fingerprint density at radius 2 is 2.38 bits per heavy atom. The van der Waals surface area contributed by atoms with Gasteiger partial charge in [0.2, 0.25) is 0 Å². The lowest BCUT2D eigenvalue weighted by Gasteiger charge is -2.16. The second-order valence-electron chi connectivity index (χ2n) is 4.14. The number of rotatable bonds is 2. The van der Waals surface area contributed by atoms with Crippen LogP contribution in [0.5, 0.6) is 0 Å². The predicted octanol–water partition coefficient (Wildman–Crippen LogP) is 3.22. The summed E-state index contributed by atoms with van der Waals surface area (Å²) in [4.78, 5) is 1.14. The van der Waals surface area contributed by atoms with Crippen LogP contribution in [0.25, 0.3) is 0 Å². The fourth-order valence-corrected chi connectivity index (χ4v) is 3.03. The van der Waals surface area contributed by atoms with Gasteiger partial charge in [-0.3, -0.25) is 0 Å². The average molecular weight is 196 g/mol. The largest absolute Gasteiger partial charge is 0.387 e. The van der Waals surface area contributed by atoms with E-state index in [-0.39, 0.29) is 6.10 Å². The molecule has 1 aromatic rings. The summed E-state index contributed by atoms with van der Waals surface area (Å²) >= 11 is 1.67. The molecule has 0 amide bonds. The summed E-state index contributed by atoms with van der Waals surface area (Å²) < 4.78 is 0. The van der Waals surface area contributed by atoms with Crippen molar-refractivity contribution in [3.63, 3.8) is 0 Å². The summed E-state index contributed by atoms with van der Waals surface area (Å²) in [6.07, 6.45) is 3.47. The molecule has 1 N–H and O–H groups in total. The normalized spacial score (nSPS) is 30.6. The zero-order valence-corrected chi connectivity index (χ0v) is 8.76. The Balaban J connectivity index is 2.02. The van der Waals surface area contributed by atoms with Gasteiger partial charge in [-0.1, -0.05) is 19.4 Å². The molecule has 0 spiro atoms. The second-order valence-corrected chi connectivity index (χ2v) is 5.12. The van der Waals surface area contributed by atoms with Crippen LogP contribution >= 0.6 is 11.3 Å². The maximum absolute atomic E-state index is 10.0. The predicted molar refractivity (Wildman–Crippen MR) is 55.8 cm³/mol. The third-order valence-corrected chi connectivity index (χ3v) is 3.96. The number of hydrogen-bond acceptors (Lipinski definition) is 2. The molecule has 0 aromatic carbocycles. The van der Waals surface area contributed by atoms with Crippen molar-refractivity contribution in [3.05, 3.63) is 22.4 Å². The summed E-state index contributed by atoms with van der Waals surface area (Å²) in [5, 5.41) is 12.1. The van der Waals surface area contributed by atoms with Gasteiger partial charge in [0.05, 0.1) is 6.10 Å². The Morgan fingerprint density at radius 1 is 1.54 bits per heavy atom. The van der Waals surface area contributed by atoms with E-state index < -0.39 is 0 Å². The first-order chi connectivity index (χ1) is 6.27. The highest BCUT2D eigenvalue weighted by atomic mass is 32.1. The van der Waals surface area contributed by atoms with E-state index in [9.17, 15) is 5.11 Å². The van der Waals surface area contributed by atoms with Crippen LogP contribution in [0.3, 0.4) is 0 Å². The molecule has 1 aliphatic rings. The highest BCUT2D eigenvalue weighted by molar-refractivity contribution is 7.10. The van der Waals surface area contributed by atoms with Crippen LogP contribution in [0.4, 0.5) is 0 Å². The fraction of sp³-hybridized carbons (Fsp3) is 0.636. The van der Waals surface area contributed by atoms with Crippen LogP contribution < -0.4 is 0 Å². The van der Waals surface area contributed by atoms with Gasteiger partial charge in [-0.2, -0.15) is 0 Å². The maximum atomic E-state index is 10.0. The molecule has 1 fully saturated rings. The van der Waals surface area contributed by atoms with Gasteiger partial charge < -0.3 is 5.11 Å². The molecule has 1 heterocycles. The Morgan fingerprint density at radius 3 is 2.92 bits per heavy atom. The molecular weight excluding hydrogens is 180 g/mol. The molecule has 1 aliphatic carbocycles. The van der Waals surface area contributed by atoms with Crippen molar-refractivity contribution in [2.75, 3.05) is 0 Å². The molecule has 2 rings (SSSR count). The van der Waals surface area contributed by atoms with E-state index in [2.05, 4.69) is 6.92 Å². The molecular formula is C11H16OS. The molecule has 2 heteroatoms. The first kappa shape index (κ1) is 9.22. The molecule has 72 valence electrons. The van der Waals surface area contributed by atoms with Crippen LogP contribution in [-0.4, -0.2) is 5.11 Å². The smallest absolute Gasteiger partial charge is 0.0910 e. The Labute approximate surface area is 83.4 Å². The summed E-state index contributed by atoms with van der Waals surface area (Å²) in [7, 11) is 0. The van der Waals surface area contributed by atoms with Gasteiger partial charge in [-0.05, 0) is 36.1 Å². The van der Waals surface area contributed by atoms with Crippen molar-refractivity contribution >= 4 is 11.3 Å². The van der Waals surface area contributed by atoms with E-state index in [1.807, 2.05) is 17.5 Å². The van der Waals surface area contributed by atoms with Crippen LogP contribution in [0.15, 0.2) is 17.5 Å². The average Bonchev–Trinajstić information content (AvgIpc) is 2.72. The quantitative estimate of drug-likeness (QED) is 0.770. The number of aliphatic hydroxyl groups is 1. The van der Waals surface area contributed by atoms with Crippen LogP contribution in [0.2, 0.25) is 0 Å². The highest BCUT2D eigenvalue weighted by Gasteiger charge is 2.28. The lowest BCUT2D eigenvalue weighted by atomic mass is 9.98. The van der Waals surface area contributed by atoms with Crippen LogP contribution in [-0.2, 0) is 0 Å². The zero-order valence-electron chi connectivity index (χ0n) is 7.94. The molecule has 0 aliphatic heterocycles. The summed E-state index contributed by atoms with van der Waals surface area (Å²) in [5.41, 5.74) is 0. The van der Waals surface area contributed by atoms with E-state index in [1.54, 1.807) is 11.3 Å². The lowest BCUT2D eigenvalue weighted by molar-refractivity contribution is 0.113. The second kappa shape index (κ2) is 3.81. The van der Waals surface area contributed by atoms with Gasteiger partial charge in [0.15, 0.2) is 0 Å². The lowest BCUT2D eigenvalue weighted by Crippen LogP contribution is -2.07. The minimum atomic E-state index is -0.204. The number of thiophene rings is 1. The third-order valence-electron chi connectivity index (χ3n) is 3.02. The molecule has 13 heavy (non-hydrogen) atoms. The van der Waals surface area contributed by atoms with Crippen molar-refractivity contribution in [1.82, 2.24) is 0 Å². The van der Waals surface area contributed by atoms with Crippen molar-refractivity contribution in [2.24, 2.45) is 11.8 Å². The van der Waals surface area contributed by atoms with Gasteiger partial charge in [-0.15, -0.1) is 11.3 Å². The Hall–Kier alpha value is -0.340. The number of hydrogen-bond donors (Lipinski definition) is 1. The van der Waals surface area contributed by atoms with Gasteiger partial charge in [0, 0.05) is 4.88 Å². The highest BCUT2D eigenvalue weighted by Crippen LogP contribution is 2.39. The molecule has 3 unspecified atom stereocenters.